The second kappa shape index (κ2) is 5.32. The Bertz CT molecular complexity index is 855. The second-order valence-corrected chi connectivity index (χ2v) is 8.76. The lowest BCUT2D eigenvalue weighted by atomic mass is 9.46. The van der Waals surface area contributed by atoms with Gasteiger partial charge in [-0.2, -0.15) is 0 Å². The van der Waals surface area contributed by atoms with Gasteiger partial charge in [-0.15, -0.1) is 0 Å². The van der Waals surface area contributed by atoms with E-state index in [1.54, 1.807) is 6.92 Å². The van der Waals surface area contributed by atoms with Gasteiger partial charge in [0, 0.05) is 12.5 Å². The fraction of sp³-hybridized carbons (Fsp3) is 0.550. The van der Waals surface area contributed by atoms with Crippen LogP contribution in [-0.2, 0) is 9.59 Å². The van der Waals surface area contributed by atoms with Gasteiger partial charge in [-0.25, -0.2) is 4.98 Å². The van der Waals surface area contributed by atoms with E-state index in [4.69, 9.17) is 0 Å². The molecule has 0 aliphatic heterocycles. The number of imidazole rings is 1. The number of hydrogen-bond donors (Lipinski definition) is 3. The van der Waals surface area contributed by atoms with E-state index >= 15 is 0 Å². The van der Waals surface area contributed by atoms with Gasteiger partial charge in [-0.1, -0.05) is 12.1 Å². The Morgan fingerprint density at radius 1 is 1.15 bits per heavy atom. The summed E-state index contributed by atoms with van der Waals surface area (Å²) in [6.07, 6.45) is 5.83. The van der Waals surface area contributed by atoms with Gasteiger partial charge in [0.15, 0.2) is 0 Å². The van der Waals surface area contributed by atoms with E-state index in [-0.39, 0.29) is 22.8 Å². The number of rotatable bonds is 3. The molecule has 6 nitrogen and oxygen atoms in total. The lowest BCUT2D eigenvalue weighted by Crippen LogP contribution is -2.65. The Kier molecular flexibility index (Phi) is 3.24. The summed E-state index contributed by atoms with van der Waals surface area (Å²) < 4.78 is 0. The third-order valence-corrected chi connectivity index (χ3v) is 6.61. The SMILES string of the molecule is CC(=O)NC12C[C@H]3C[C@@H](C1)CC(C(=O)Nc1nc4ccccc4[nH]1)(C3)C2. The summed E-state index contributed by atoms with van der Waals surface area (Å²) >= 11 is 0. The van der Waals surface area contributed by atoms with Crippen molar-refractivity contribution < 1.29 is 9.59 Å². The van der Waals surface area contributed by atoms with Gasteiger partial charge < -0.3 is 10.3 Å². The Labute approximate surface area is 152 Å². The molecule has 1 aromatic heterocycles. The van der Waals surface area contributed by atoms with Crippen LogP contribution in [0.1, 0.15) is 45.4 Å². The van der Waals surface area contributed by atoms with Gasteiger partial charge in [-0.05, 0) is 62.5 Å². The molecule has 0 radical (unpaired) electrons. The molecule has 136 valence electrons. The van der Waals surface area contributed by atoms with Gasteiger partial charge in [0.1, 0.15) is 0 Å². The number of nitrogens with zero attached hydrogens (tertiary/aromatic N) is 1. The molecule has 6 rings (SSSR count). The molecule has 3 N–H and O–H groups in total. The Morgan fingerprint density at radius 2 is 1.88 bits per heavy atom. The molecule has 1 heterocycles. The number of nitrogens with one attached hydrogen (secondary N) is 3. The van der Waals surface area contributed by atoms with Crippen LogP contribution >= 0.6 is 0 Å². The van der Waals surface area contributed by atoms with Gasteiger partial charge in [-0.3, -0.25) is 14.9 Å². The second-order valence-electron chi connectivity index (χ2n) is 8.76. The van der Waals surface area contributed by atoms with Crippen molar-refractivity contribution in [2.75, 3.05) is 5.32 Å². The van der Waals surface area contributed by atoms with Crippen LogP contribution in [0, 0.1) is 17.3 Å². The smallest absolute Gasteiger partial charge is 0.233 e. The number of hydrogen-bond acceptors (Lipinski definition) is 3. The van der Waals surface area contributed by atoms with Crippen molar-refractivity contribution in [3.63, 3.8) is 0 Å². The van der Waals surface area contributed by atoms with Crippen LogP contribution in [0.15, 0.2) is 24.3 Å². The zero-order chi connectivity index (χ0) is 17.9. The number of H-pyrrole nitrogens is 1. The molecule has 4 aliphatic rings. The Hall–Kier alpha value is -2.37. The molecule has 6 heteroatoms. The maximum Gasteiger partial charge on any atom is 0.233 e. The van der Waals surface area contributed by atoms with Gasteiger partial charge in [0.25, 0.3) is 0 Å². The van der Waals surface area contributed by atoms with E-state index in [1.807, 2.05) is 24.3 Å². The van der Waals surface area contributed by atoms with E-state index in [2.05, 4.69) is 20.6 Å². The summed E-state index contributed by atoms with van der Waals surface area (Å²) in [4.78, 5) is 32.7. The van der Waals surface area contributed by atoms with Crippen LogP contribution in [-0.4, -0.2) is 27.3 Å². The zero-order valence-electron chi connectivity index (χ0n) is 15.0. The minimum Gasteiger partial charge on any atom is -0.351 e. The summed E-state index contributed by atoms with van der Waals surface area (Å²) in [5.41, 5.74) is 1.19. The molecule has 1 aromatic carbocycles. The van der Waals surface area contributed by atoms with E-state index in [0.29, 0.717) is 17.8 Å². The summed E-state index contributed by atoms with van der Waals surface area (Å²) in [6, 6.07) is 7.76. The van der Waals surface area contributed by atoms with Gasteiger partial charge >= 0.3 is 0 Å². The number of amides is 2. The van der Waals surface area contributed by atoms with E-state index in [1.165, 1.54) is 6.42 Å². The average molecular weight is 352 g/mol. The standard InChI is InChI=1S/C20H24N4O2/c1-12(25)24-20-9-13-6-14(10-20)8-19(7-13,11-20)17(26)23-18-21-15-4-2-3-5-16(15)22-18/h2-5,13-14H,6-11H2,1H3,(H,24,25)(H2,21,22,23,26)/t13-,14+,19?,20?. The van der Waals surface area contributed by atoms with Crippen LogP contribution in [0.3, 0.4) is 0 Å². The summed E-state index contributed by atoms with van der Waals surface area (Å²) in [7, 11) is 0. The van der Waals surface area contributed by atoms with Crippen molar-refractivity contribution in [3.05, 3.63) is 24.3 Å². The molecule has 4 fully saturated rings. The van der Waals surface area contributed by atoms with Crippen molar-refractivity contribution >= 4 is 28.8 Å². The predicted molar refractivity (Wildman–Crippen MR) is 98.4 cm³/mol. The quantitative estimate of drug-likeness (QED) is 0.794. The summed E-state index contributed by atoms with van der Waals surface area (Å²) in [6.45, 7) is 1.58. The number of aromatic nitrogens is 2. The first-order chi connectivity index (χ1) is 12.5. The number of anilines is 1. The molecule has 4 saturated carbocycles. The molecule has 2 unspecified atom stereocenters. The highest BCUT2D eigenvalue weighted by atomic mass is 16.2. The van der Waals surface area contributed by atoms with Crippen LogP contribution in [0.5, 0.6) is 0 Å². The van der Waals surface area contributed by atoms with Crippen molar-refractivity contribution in [1.82, 2.24) is 15.3 Å². The minimum absolute atomic E-state index is 0.0137. The largest absolute Gasteiger partial charge is 0.351 e. The highest BCUT2D eigenvalue weighted by molar-refractivity contribution is 5.95. The molecule has 4 atom stereocenters. The Morgan fingerprint density at radius 3 is 2.58 bits per heavy atom. The zero-order valence-corrected chi connectivity index (χ0v) is 15.0. The highest BCUT2D eigenvalue weighted by Gasteiger charge is 2.60. The number of benzene rings is 1. The molecule has 26 heavy (non-hydrogen) atoms. The molecule has 2 aromatic rings. The maximum absolute atomic E-state index is 13.3. The number of para-hydroxylation sites is 2. The van der Waals surface area contributed by atoms with Gasteiger partial charge in [0.2, 0.25) is 17.8 Å². The Balaban J connectivity index is 1.43. The molecule has 0 saturated heterocycles. The average Bonchev–Trinajstić information content (AvgIpc) is 2.94. The minimum atomic E-state index is -0.383. The fourth-order valence-corrected chi connectivity index (χ4v) is 6.30. The topological polar surface area (TPSA) is 86.9 Å². The number of fused-ring (bicyclic) bond motifs is 1. The lowest BCUT2D eigenvalue weighted by Gasteiger charge is -2.61. The van der Waals surface area contributed by atoms with Crippen molar-refractivity contribution in [2.45, 2.75) is 51.0 Å². The molecule has 0 spiro atoms. The number of carbonyl (C=O) groups excluding carboxylic acids is 2. The lowest BCUT2D eigenvalue weighted by molar-refractivity contribution is -0.148. The van der Waals surface area contributed by atoms with E-state index in [0.717, 1.165) is 43.1 Å². The summed E-state index contributed by atoms with van der Waals surface area (Å²) in [5.74, 6) is 1.65. The van der Waals surface area contributed by atoms with Crippen molar-refractivity contribution in [2.24, 2.45) is 17.3 Å². The van der Waals surface area contributed by atoms with Crippen LogP contribution in [0.2, 0.25) is 0 Å². The van der Waals surface area contributed by atoms with Crippen LogP contribution < -0.4 is 10.6 Å². The summed E-state index contributed by atoms with van der Waals surface area (Å²) in [5, 5.41) is 6.25. The van der Waals surface area contributed by atoms with Crippen molar-refractivity contribution in [1.29, 1.82) is 0 Å². The van der Waals surface area contributed by atoms with E-state index < -0.39 is 0 Å². The molecule has 4 aliphatic carbocycles. The molecular weight excluding hydrogens is 328 g/mol. The molecule has 2 amide bonds. The number of aromatic amines is 1. The van der Waals surface area contributed by atoms with Crippen LogP contribution in [0.4, 0.5) is 5.95 Å². The first-order valence-corrected chi connectivity index (χ1v) is 9.50. The first-order valence-electron chi connectivity index (χ1n) is 9.50. The third kappa shape index (κ3) is 2.42. The molecule has 4 bridgehead atoms. The highest BCUT2D eigenvalue weighted by Crippen LogP contribution is 2.61. The third-order valence-electron chi connectivity index (χ3n) is 6.61. The van der Waals surface area contributed by atoms with Crippen LogP contribution in [0.25, 0.3) is 11.0 Å². The van der Waals surface area contributed by atoms with E-state index in [9.17, 15) is 9.59 Å². The first kappa shape index (κ1) is 15.9. The van der Waals surface area contributed by atoms with Gasteiger partial charge in [0.05, 0.1) is 16.4 Å². The van der Waals surface area contributed by atoms with Crippen molar-refractivity contribution in [3.8, 4) is 0 Å². The fourth-order valence-electron chi connectivity index (χ4n) is 6.30. The number of carbonyl (C=O) groups is 2. The maximum atomic E-state index is 13.3. The monoisotopic (exact) mass is 352 g/mol. The predicted octanol–water partition coefficient (Wildman–Crippen LogP) is 2.98. The molecular formula is C20H24N4O2. The normalized spacial score (nSPS) is 34.8.